The van der Waals surface area contributed by atoms with Crippen molar-refractivity contribution in [2.45, 2.75) is 45.8 Å². The summed E-state index contributed by atoms with van der Waals surface area (Å²) in [4.78, 5) is 27.7. The maximum atomic E-state index is 13.6. The summed E-state index contributed by atoms with van der Waals surface area (Å²) in [5, 5.41) is 3.57. The van der Waals surface area contributed by atoms with Crippen LogP contribution < -0.4 is 9.62 Å². The summed E-state index contributed by atoms with van der Waals surface area (Å²) in [7, 11) is -3.95. The van der Waals surface area contributed by atoms with Crippen LogP contribution in [0.15, 0.2) is 36.4 Å². The highest BCUT2D eigenvalue weighted by atomic mass is 35.5. The van der Waals surface area contributed by atoms with Crippen LogP contribution in [0.1, 0.15) is 32.8 Å². The Hall–Kier alpha value is -1.71. The first-order valence-electron chi connectivity index (χ1n) is 10.7. The van der Waals surface area contributed by atoms with Crippen LogP contribution in [0.5, 0.6) is 0 Å². The van der Waals surface area contributed by atoms with Crippen LogP contribution in [-0.2, 0) is 26.2 Å². The molecule has 0 bridgehead atoms. The molecule has 2 aromatic carbocycles. The quantitative estimate of drug-likeness (QED) is 0.406. The highest BCUT2D eigenvalue weighted by Crippen LogP contribution is 2.34. The SMILES string of the molecule is CC[C@H](C)NC(=O)[C@@H](C)N(Cc1c(Cl)cccc1Cl)C(=O)CN(c1cccc(Cl)c1Cl)S(C)(=O)=O. The average Bonchev–Trinajstić information content (AvgIpc) is 2.78. The van der Waals surface area contributed by atoms with E-state index in [0.29, 0.717) is 22.0 Å². The summed E-state index contributed by atoms with van der Waals surface area (Å²) in [5.41, 5.74) is 0.474. The van der Waals surface area contributed by atoms with Gasteiger partial charge in [0.15, 0.2) is 0 Å². The van der Waals surface area contributed by atoms with E-state index in [-0.39, 0.29) is 28.3 Å². The van der Waals surface area contributed by atoms with Crippen molar-refractivity contribution in [1.82, 2.24) is 10.2 Å². The van der Waals surface area contributed by atoms with Gasteiger partial charge in [0, 0.05) is 28.2 Å². The number of carbonyl (C=O) groups is 2. The second-order valence-corrected chi connectivity index (χ2v) is 11.6. The molecule has 2 rings (SSSR count). The molecule has 0 aliphatic carbocycles. The van der Waals surface area contributed by atoms with E-state index >= 15 is 0 Å². The van der Waals surface area contributed by atoms with E-state index in [2.05, 4.69) is 5.32 Å². The van der Waals surface area contributed by atoms with Gasteiger partial charge in [0.1, 0.15) is 12.6 Å². The second kappa shape index (κ2) is 12.5. The molecule has 0 heterocycles. The van der Waals surface area contributed by atoms with E-state index in [9.17, 15) is 18.0 Å². The minimum Gasteiger partial charge on any atom is -0.352 e. The van der Waals surface area contributed by atoms with E-state index in [1.807, 2.05) is 13.8 Å². The number of sulfonamides is 1. The Morgan fingerprint density at radius 1 is 0.971 bits per heavy atom. The van der Waals surface area contributed by atoms with Gasteiger partial charge in [-0.15, -0.1) is 0 Å². The van der Waals surface area contributed by atoms with Crippen molar-refractivity contribution >= 4 is 73.9 Å². The number of rotatable bonds is 10. The van der Waals surface area contributed by atoms with Gasteiger partial charge in [0.05, 0.1) is 22.0 Å². The third-order valence-corrected chi connectivity index (χ3v) is 8.08. The van der Waals surface area contributed by atoms with Gasteiger partial charge in [-0.05, 0) is 44.5 Å². The van der Waals surface area contributed by atoms with Gasteiger partial charge in [0.25, 0.3) is 0 Å². The summed E-state index contributed by atoms with van der Waals surface area (Å²) >= 11 is 25.0. The Labute approximate surface area is 226 Å². The molecule has 35 heavy (non-hydrogen) atoms. The van der Waals surface area contributed by atoms with Gasteiger partial charge in [0.2, 0.25) is 21.8 Å². The molecule has 2 atom stereocenters. The summed E-state index contributed by atoms with van der Waals surface area (Å²) < 4.78 is 26.1. The van der Waals surface area contributed by atoms with Crippen molar-refractivity contribution in [2.24, 2.45) is 0 Å². The number of hydrogen-bond donors (Lipinski definition) is 1. The van der Waals surface area contributed by atoms with Crippen LogP contribution in [0.3, 0.4) is 0 Å². The van der Waals surface area contributed by atoms with Crippen molar-refractivity contribution in [3.63, 3.8) is 0 Å². The highest BCUT2D eigenvalue weighted by molar-refractivity contribution is 7.92. The Morgan fingerprint density at radius 2 is 1.51 bits per heavy atom. The molecule has 192 valence electrons. The zero-order valence-electron chi connectivity index (χ0n) is 19.7. The molecule has 0 saturated heterocycles. The number of hydrogen-bond acceptors (Lipinski definition) is 4. The Bertz CT molecular complexity index is 1170. The topological polar surface area (TPSA) is 86.8 Å². The van der Waals surface area contributed by atoms with Gasteiger partial charge in [-0.2, -0.15) is 0 Å². The Morgan fingerprint density at radius 3 is 2.06 bits per heavy atom. The van der Waals surface area contributed by atoms with Crippen LogP contribution >= 0.6 is 46.4 Å². The molecule has 0 spiro atoms. The lowest BCUT2D eigenvalue weighted by Gasteiger charge is -2.32. The molecule has 0 fully saturated rings. The minimum atomic E-state index is -3.95. The van der Waals surface area contributed by atoms with Gasteiger partial charge < -0.3 is 10.2 Å². The van der Waals surface area contributed by atoms with Crippen molar-refractivity contribution in [3.05, 3.63) is 62.1 Å². The molecule has 7 nitrogen and oxygen atoms in total. The molecule has 12 heteroatoms. The molecule has 0 radical (unpaired) electrons. The lowest BCUT2D eigenvalue weighted by atomic mass is 10.1. The summed E-state index contributed by atoms with van der Waals surface area (Å²) in [5.74, 6) is -1.06. The molecule has 0 aliphatic rings. The highest BCUT2D eigenvalue weighted by Gasteiger charge is 2.32. The van der Waals surface area contributed by atoms with E-state index in [4.69, 9.17) is 46.4 Å². The molecule has 0 saturated carbocycles. The number of nitrogens with zero attached hydrogens (tertiary/aromatic N) is 2. The van der Waals surface area contributed by atoms with Gasteiger partial charge in [-0.1, -0.05) is 65.5 Å². The number of amides is 2. The fourth-order valence-electron chi connectivity index (χ4n) is 3.18. The van der Waals surface area contributed by atoms with Crippen LogP contribution in [0.4, 0.5) is 5.69 Å². The number of benzene rings is 2. The van der Waals surface area contributed by atoms with Crippen LogP contribution in [-0.4, -0.2) is 50.0 Å². The fourth-order valence-corrected chi connectivity index (χ4v) is 5.00. The zero-order valence-corrected chi connectivity index (χ0v) is 23.5. The summed E-state index contributed by atoms with van der Waals surface area (Å²) in [6.45, 7) is 4.57. The Kier molecular flexibility index (Phi) is 10.5. The number of carbonyl (C=O) groups excluding carboxylic acids is 2. The normalized spacial score (nSPS) is 13.1. The standard InChI is InChI=1S/C23H27Cl4N3O4S/c1-5-14(2)28-23(32)15(3)29(12-16-17(24)8-6-9-18(16)25)21(31)13-30(35(4,33)34)20-11-7-10-19(26)22(20)27/h6-11,14-15H,5,12-13H2,1-4H3,(H,28,32)/t14-,15+/m0/s1. The monoisotopic (exact) mass is 581 g/mol. The van der Waals surface area contributed by atoms with E-state index in [0.717, 1.165) is 10.6 Å². The van der Waals surface area contributed by atoms with Crippen LogP contribution in [0, 0.1) is 0 Å². The number of halogens is 4. The molecule has 2 amide bonds. The molecule has 0 unspecified atom stereocenters. The molecular formula is C23H27Cl4N3O4S. The van der Waals surface area contributed by atoms with Gasteiger partial charge >= 0.3 is 0 Å². The maximum Gasteiger partial charge on any atom is 0.244 e. The van der Waals surface area contributed by atoms with E-state index in [1.54, 1.807) is 25.1 Å². The number of anilines is 1. The largest absolute Gasteiger partial charge is 0.352 e. The average molecular weight is 583 g/mol. The second-order valence-electron chi connectivity index (χ2n) is 8.06. The number of nitrogens with one attached hydrogen (secondary N) is 1. The molecule has 0 aromatic heterocycles. The summed E-state index contributed by atoms with van der Waals surface area (Å²) in [6, 6.07) is 8.28. The lowest BCUT2D eigenvalue weighted by Crippen LogP contribution is -2.52. The maximum absolute atomic E-state index is 13.6. The zero-order chi connectivity index (χ0) is 26.5. The first kappa shape index (κ1) is 29.5. The molecular weight excluding hydrogens is 556 g/mol. The van der Waals surface area contributed by atoms with E-state index < -0.39 is 34.4 Å². The summed E-state index contributed by atoms with van der Waals surface area (Å²) in [6.07, 6.45) is 1.64. The van der Waals surface area contributed by atoms with Crippen molar-refractivity contribution in [1.29, 1.82) is 0 Å². The molecule has 0 aliphatic heterocycles. The van der Waals surface area contributed by atoms with Gasteiger partial charge in [-0.25, -0.2) is 8.42 Å². The third kappa shape index (κ3) is 7.64. The van der Waals surface area contributed by atoms with Gasteiger partial charge in [-0.3, -0.25) is 13.9 Å². The smallest absolute Gasteiger partial charge is 0.244 e. The minimum absolute atomic E-state index is 0.0179. The Balaban J connectivity index is 2.49. The van der Waals surface area contributed by atoms with Crippen molar-refractivity contribution in [2.75, 3.05) is 17.1 Å². The van der Waals surface area contributed by atoms with Crippen molar-refractivity contribution < 1.29 is 18.0 Å². The van der Waals surface area contributed by atoms with Crippen molar-refractivity contribution in [3.8, 4) is 0 Å². The first-order chi connectivity index (χ1) is 16.3. The molecule has 1 N–H and O–H groups in total. The predicted octanol–water partition coefficient (Wildman–Crippen LogP) is 5.40. The third-order valence-electron chi connectivity index (χ3n) is 5.44. The lowest BCUT2D eigenvalue weighted by molar-refractivity contribution is -0.139. The molecule has 2 aromatic rings. The van der Waals surface area contributed by atoms with E-state index in [1.165, 1.54) is 23.1 Å². The fraction of sp³-hybridized carbons (Fsp3) is 0.391. The van der Waals surface area contributed by atoms with Crippen LogP contribution in [0.2, 0.25) is 20.1 Å². The first-order valence-corrected chi connectivity index (χ1v) is 14.1. The van der Waals surface area contributed by atoms with Crippen LogP contribution in [0.25, 0.3) is 0 Å². The predicted molar refractivity (Wildman–Crippen MR) is 143 cm³/mol.